The zero-order valence-electron chi connectivity index (χ0n) is 13.9. The molecule has 142 valence electrons. The van der Waals surface area contributed by atoms with Crippen LogP contribution in [0, 0.1) is 5.82 Å². The van der Waals surface area contributed by atoms with Gasteiger partial charge < -0.3 is 8.92 Å². The van der Waals surface area contributed by atoms with Gasteiger partial charge in [-0.05, 0) is 42.5 Å². The fourth-order valence-electron chi connectivity index (χ4n) is 2.25. The Morgan fingerprint density at radius 3 is 2.41 bits per heavy atom. The van der Waals surface area contributed by atoms with Gasteiger partial charge >= 0.3 is 10.1 Å². The van der Waals surface area contributed by atoms with E-state index < -0.39 is 15.9 Å². The summed E-state index contributed by atoms with van der Waals surface area (Å²) in [7, 11) is -2.73. The van der Waals surface area contributed by atoms with E-state index in [0.717, 1.165) is 24.3 Å². The summed E-state index contributed by atoms with van der Waals surface area (Å²) in [6.07, 6.45) is 0. The maximum absolute atomic E-state index is 13.1. The minimum atomic E-state index is -4.21. The van der Waals surface area contributed by atoms with Crippen molar-refractivity contribution in [1.29, 1.82) is 0 Å². The van der Waals surface area contributed by atoms with E-state index in [0.29, 0.717) is 16.4 Å². The van der Waals surface area contributed by atoms with Crippen molar-refractivity contribution in [3.63, 3.8) is 0 Å². The molecule has 0 aliphatic rings. The van der Waals surface area contributed by atoms with Crippen molar-refractivity contribution in [2.75, 3.05) is 7.11 Å². The highest BCUT2D eigenvalue weighted by Gasteiger charge is 2.21. The molecule has 0 aliphatic heterocycles. The smallest absolute Gasteiger partial charge is 0.340 e. The highest BCUT2D eigenvalue weighted by molar-refractivity contribution is 7.87. The van der Waals surface area contributed by atoms with Gasteiger partial charge in [0, 0.05) is 13.2 Å². The van der Waals surface area contributed by atoms with E-state index in [9.17, 15) is 12.8 Å². The number of nitrogens with zero attached hydrogens (tertiary/aromatic N) is 2. The van der Waals surface area contributed by atoms with Crippen LogP contribution in [0.2, 0.25) is 10.0 Å². The zero-order valence-corrected chi connectivity index (χ0v) is 16.2. The van der Waals surface area contributed by atoms with Crippen LogP contribution in [0.1, 0.15) is 5.69 Å². The van der Waals surface area contributed by atoms with Crippen molar-refractivity contribution in [1.82, 2.24) is 9.78 Å². The van der Waals surface area contributed by atoms with Crippen molar-refractivity contribution in [3.8, 4) is 11.6 Å². The number of aromatic nitrogens is 2. The van der Waals surface area contributed by atoms with Crippen LogP contribution in [-0.4, -0.2) is 25.3 Å². The lowest BCUT2D eigenvalue weighted by atomic mass is 10.3. The third-order valence-corrected chi connectivity index (χ3v) is 5.44. The molecule has 0 unspecified atom stereocenters. The number of hydrogen-bond acceptors (Lipinski definition) is 5. The molecule has 0 radical (unpaired) electrons. The van der Waals surface area contributed by atoms with Crippen LogP contribution in [0.25, 0.3) is 5.69 Å². The normalized spacial score (nSPS) is 11.6. The summed E-state index contributed by atoms with van der Waals surface area (Å²) in [5, 5.41) is 4.88. The van der Waals surface area contributed by atoms with Crippen LogP contribution < -0.4 is 4.18 Å². The highest BCUT2D eigenvalue weighted by atomic mass is 35.5. The van der Waals surface area contributed by atoms with Gasteiger partial charge in [-0.25, -0.2) is 4.39 Å². The molecule has 3 rings (SSSR count). The largest absolute Gasteiger partial charge is 0.378 e. The molecule has 0 N–H and O–H groups in total. The van der Waals surface area contributed by atoms with Crippen molar-refractivity contribution < 1.29 is 21.7 Å². The maximum Gasteiger partial charge on any atom is 0.340 e. The number of benzene rings is 2. The monoisotopic (exact) mass is 430 g/mol. The SMILES string of the molecule is COCc1cc(OS(=O)(=O)c2ccc(F)cc2)n(-c2ccc(Cl)c(Cl)c2)n1. The predicted octanol–water partition coefficient (Wildman–Crippen LogP) is 4.23. The van der Waals surface area contributed by atoms with E-state index in [4.69, 9.17) is 32.1 Å². The molecule has 0 aliphatic carbocycles. The number of halogens is 3. The van der Waals surface area contributed by atoms with Crippen LogP contribution in [0.4, 0.5) is 4.39 Å². The first-order chi connectivity index (χ1) is 12.8. The average molecular weight is 431 g/mol. The number of ether oxygens (including phenoxy) is 1. The fourth-order valence-corrected chi connectivity index (χ4v) is 3.45. The summed E-state index contributed by atoms with van der Waals surface area (Å²) >= 11 is 12.0. The highest BCUT2D eigenvalue weighted by Crippen LogP contribution is 2.28. The third-order valence-electron chi connectivity index (χ3n) is 3.46. The van der Waals surface area contributed by atoms with Gasteiger partial charge in [-0.2, -0.15) is 18.2 Å². The molecular formula is C17H13Cl2FN2O4S. The number of rotatable bonds is 6. The molecule has 1 heterocycles. The molecule has 0 spiro atoms. The lowest BCUT2D eigenvalue weighted by Crippen LogP contribution is -2.12. The summed E-state index contributed by atoms with van der Waals surface area (Å²) in [5.41, 5.74) is 0.879. The molecule has 2 aromatic carbocycles. The third kappa shape index (κ3) is 4.41. The van der Waals surface area contributed by atoms with Gasteiger partial charge in [-0.3, -0.25) is 0 Å². The van der Waals surface area contributed by atoms with Gasteiger partial charge in [0.2, 0.25) is 5.88 Å². The number of methoxy groups -OCH3 is 1. The molecule has 0 saturated carbocycles. The van der Waals surface area contributed by atoms with Crippen molar-refractivity contribution in [2.24, 2.45) is 0 Å². The molecule has 0 fully saturated rings. The molecule has 1 aromatic heterocycles. The fraction of sp³-hybridized carbons (Fsp3) is 0.118. The Balaban J connectivity index is 2.03. The second-order valence-corrected chi connectivity index (χ2v) is 7.77. The summed E-state index contributed by atoms with van der Waals surface area (Å²) in [5.74, 6) is -0.637. The Morgan fingerprint density at radius 2 is 1.78 bits per heavy atom. The van der Waals surface area contributed by atoms with Gasteiger partial charge in [0.1, 0.15) is 10.7 Å². The van der Waals surface area contributed by atoms with Gasteiger partial charge in [-0.15, -0.1) is 0 Å². The molecule has 0 bridgehead atoms. The van der Waals surface area contributed by atoms with Crippen LogP contribution >= 0.6 is 23.2 Å². The molecule has 0 amide bonds. The first-order valence-corrected chi connectivity index (χ1v) is 9.70. The second-order valence-electron chi connectivity index (χ2n) is 5.41. The molecular weight excluding hydrogens is 418 g/mol. The first-order valence-electron chi connectivity index (χ1n) is 7.53. The Kier molecular flexibility index (Phi) is 5.71. The van der Waals surface area contributed by atoms with Gasteiger partial charge in [-0.1, -0.05) is 23.2 Å². The minimum absolute atomic E-state index is 0.0789. The van der Waals surface area contributed by atoms with Crippen LogP contribution in [-0.2, 0) is 21.5 Å². The van der Waals surface area contributed by atoms with Gasteiger partial charge in [0.15, 0.2) is 0 Å². The van der Waals surface area contributed by atoms with E-state index in [1.807, 2.05) is 0 Å². The van der Waals surface area contributed by atoms with Gasteiger partial charge in [0.25, 0.3) is 0 Å². The van der Waals surface area contributed by atoms with E-state index in [-0.39, 0.29) is 22.4 Å². The van der Waals surface area contributed by atoms with E-state index in [1.165, 1.54) is 23.9 Å². The topological polar surface area (TPSA) is 70.4 Å². The first kappa shape index (κ1) is 19.6. The lowest BCUT2D eigenvalue weighted by molar-refractivity contribution is 0.181. The Bertz CT molecular complexity index is 1070. The molecule has 0 saturated heterocycles. The number of hydrogen-bond donors (Lipinski definition) is 0. The Labute approximate surface area is 165 Å². The van der Waals surface area contributed by atoms with E-state index in [2.05, 4.69) is 5.10 Å². The molecule has 0 atom stereocenters. The molecule has 6 nitrogen and oxygen atoms in total. The molecule has 3 aromatic rings. The summed E-state index contributed by atoms with van der Waals surface area (Å²) in [4.78, 5) is -0.195. The summed E-state index contributed by atoms with van der Waals surface area (Å²) < 4.78 is 49.6. The van der Waals surface area contributed by atoms with Crippen molar-refractivity contribution in [2.45, 2.75) is 11.5 Å². The molecule has 10 heteroatoms. The van der Waals surface area contributed by atoms with E-state index >= 15 is 0 Å². The predicted molar refractivity (Wildman–Crippen MR) is 98.5 cm³/mol. The van der Waals surface area contributed by atoms with Gasteiger partial charge in [0.05, 0.1) is 28.0 Å². The Morgan fingerprint density at radius 1 is 1.07 bits per heavy atom. The summed E-state index contributed by atoms with van der Waals surface area (Å²) in [6, 6.07) is 10.4. The van der Waals surface area contributed by atoms with Crippen molar-refractivity contribution >= 4 is 33.3 Å². The van der Waals surface area contributed by atoms with Crippen LogP contribution in [0.3, 0.4) is 0 Å². The Hall–Kier alpha value is -2.13. The summed E-state index contributed by atoms with van der Waals surface area (Å²) in [6.45, 7) is 0.140. The average Bonchev–Trinajstić information content (AvgIpc) is 3.00. The molecule has 27 heavy (non-hydrogen) atoms. The maximum atomic E-state index is 13.1. The zero-order chi connectivity index (χ0) is 19.6. The van der Waals surface area contributed by atoms with E-state index in [1.54, 1.807) is 12.1 Å². The van der Waals surface area contributed by atoms with Crippen LogP contribution in [0.5, 0.6) is 5.88 Å². The minimum Gasteiger partial charge on any atom is -0.378 e. The quantitative estimate of drug-likeness (QED) is 0.547. The second kappa shape index (κ2) is 7.85. The van der Waals surface area contributed by atoms with Crippen molar-refractivity contribution in [3.05, 3.63) is 70.1 Å². The lowest BCUT2D eigenvalue weighted by Gasteiger charge is -2.10. The van der Waals surface area contributed by atoms with Crippen LogP contribution in [0.15, 0.2) is 53.4 Å². The standard InChI is InChI=1S/C17H13Cl2FN2O4S/c1-25-10-12-8-17(22(21-12)13-4-7-15(18)16(19)9-13)26-27(23,24)14-5-2-11(20)3-6-14/h2-9H,10H2,1H3.